The molecule has 5 heteroatoms. The zero-order valence-electron chi connectivity index (χ0n) is 35.5. The van der Waals surface area contributed by atoms with Gasteiger partial charge < -0.3 is 0 Å². The van der Waals surface area contributed by atoms with E-state index in [4.69, 9.17) is 9.47 Å². The minimum atomic E-state index is -4.43. The Bertz CT molecular complexity index is 2900. The molecular formula is C54H50N2O2Sn. The van der Waals surface area contributed by atoms with E-state index in [0.29, 0.717) is 0 Å². The van der Waals surface area contributed by atoms with Crippen LogP contribution in [0.3, 0.4) is 0 Å². The molecule has 0 bridgehead atoms. The van der Waals surface area contributed by atoms with Crippen LogP contribution in [0.25, 0.3) is 27.5 Å². The van der Waals surface area contributed by atoms with Gasteiger partial charge in [0.2, 0.25) is 0 Å². The molecule has 3 aliphatic heterocycles. The molecule has 0 fully saturated rings. The molecule has 0 amide bonds. The van der Waals surface area contributed by atoms with Crippen LogP contribution < -0.4 is 28.7 Å². The molecule has 1 aromatic heterocycles. The quantitative estimate of drug-likeness (QED) is 0.165. The van der Waals surface area contributed by atoms with Crippen molar-refractivity contribution in [3.63, 3.8) is 0 Å². The summed E-state index contributed by atoms with van der Waals surface area (Å²) in [6.45, 7) is 20.8. The molecule has 0 atom stereocenters. The molecule has 4 heterocycles. The molecular weight excluding hydrogens is 827 g/mol. The average Bonchev–Trinajstić information content (AvgIpc) is 3.54. The monoisotopic (exact) mass is 878 g/mol. The normalized spacial score (nSPS) is 14.9. The third kappa shape index (κ3) is 5.08. The number of benzene rings is 7. The third-order valence-electron chi connectivity index (χ3n) is 13.0. The summed E-state index contributed by atoms with van der Waals surface area (Å²) in [5, 5.41) is 2.46. The van der Waals surface area contributed by atoms with Crippen LogP contribution in [0.1, 0.15) is 79.0 Å². The Kier molecular flexibility index (Phi) is 7.63. The number of fused-ring (bicyclic) bond motifs is 3. The van der Waals surface area contributed by atoms with E-state index in [-0.39, 0.29) is 16.2 Å². The maximum atomic E-state index is 7.59. The van der Waals surface area contributed by atoms with Gasteiger partial charge in [-0.25, -0.2) is 0 Å². The zero-order chi connectivity index (χ0) is 40.8. The van der Waals surface area contributed by atoms with Gasteiger partial charge in [0.05, 0.1) is 0 Å². The van der Waals surface area contributed by atoms with E-state index < -0.39 is 18.4 Å². The first kappa shape index (κ1) is 36.6. The average molecular weight is 878 g/mol. The molecule has 0 radical (unpaired) electrons. The summed E-state index contributed by atoms with van der Waals surface area (Å²) < 4.78 is 23.0. The number of rotatable bonds is 3. The van der Waals surface area contributed by atoms with Crippen LogP contribution in [-0.4, -0.2) is 22.9 Å². The maximum absolute atomic E-state index is 7.59. The molecule has 7 aromatic carbocycles. The molecule has 3 aliphatic rings. The number of hydrogen-bond acceptors (Lipinski definition) is 3. The van der Waals surface area contributed by atoms with Crippen LogP contribution in [0.4, 0.5) is 17.1 Å². The molecule has 4 nitrogen and oxygen atoms in total. The fourth-order valence-corrected chi connectivity index (χ4v) is 26.0. The molecule has 0 N–H and O–H groups in total. The summed E-state index contributed by atoms with van der Waals surface area (Å²) in [6, 6.07) is 52.3. The van der Waals surface area contributed by atoms with Gasteiger partial charge in [0.1, 0.15) is 0 Å². The SMILES string of the molecule is CC(C)(C)c1ccc(N2c3ccc(C(C)(C)C)c4[c]3[Sn]3([c]5ccccc5)[c]5c(cc(-n6c7ccccc7c7ccccc76)cc5Oc5c(C(C)(C)C)ccc2[c]53)O4)cc1. The van der Waals surface area contributed by atoms with E-state index in [9.17, 15) is 0 Å². The van der Waals surface area contributed by atoms with Crippen molar-refractivity contribution in [2.45, 2.75) is 78.6 Å². The number of aromatic nitrogens is 1. The van der Waals surface area contributed by atoms with Gasteiger partial charge >= 0.3 is 354 Å². The predicted molar refractivity (Wildman–Crippen MR) is 249 cm³/mol. The number of hydrogen-bond donors (Lipinski definition) is 0. The topological polar surface area (TPSA) is 26.6 Å². The van der Waals surface area contributed by atoms with E-state index in [1.54, 1.807) is 0 Å². The molecule has 59 heavy (non-hydrogen) atoms. The van der Waals surface area contributed by atoms with Crippen molar-refractivity contribution in [1.29, 1.82) is 0 Å². The summed E-state index contributed by atoms with van der Waals surface area (Å²) in [6.07, 6.45) is 0. The van der Waals surface area contributed by atoms with Crippen LogP contribution in [0, 0.1) is 0 Å². The zero-order valence-corrected chi connectivity index (χ0v) is 38.3. The van der Waals surface area contributed by atoms with Crippen LogP contribution in [-0.2, 0) is 16.2 Å². The van der Waals surface area contributed by atoms with Gasteiger partial charge in [-0.1, -0.05) is 0 Å². The van der Waals surface area contributed by atoms with Gasteiger partial charge in [0.15, 0.2) is 0 Å². The molecule has 0 saturated carbocycles. The van der Waals surface area contributed by atoms with Gasteiger partial charge in [0, 0.05) is 0 Å². The second-order valence-corrected chi connectivity index (χ2v) is 30.0. The fourth-order valence-electron chi connectivity index (χ4n) is 10.3. The summed E-state index contributed by atoms with van der Waals surface area (Å²) in [4.78, 5) is 2.51. The summed E-state index contributed by atoms with van der Waals surface area (Å²) in [5.41, 5.74) is 10.4. The van der Waals surface area contributed by atoms with E-state index >= 15 is 0 Å². The Hall–Kier alpha value is -5.46. The van der Waals surface area contributed by atoms with Crippen molar-refractivity contribution in [2.24, 2.45) is 0 Å². The second-order valence-electron chi connectivity index (χ2n) is 19.8. The van der Waals surface area contributed by atoms with Crippen molar-refractivity contribution in [3.8, 4) is 28.7 Å². The van der Waals surface area contributed by atoms with Crippen molar-refractivity contribution >= 4 is 71.6 Å². The van der Waals surface area contributed by atoms with E-state index in [0.717, 1.165) is 45.4 Å². The van der Waals surface area contributed by atoms with Crippen molar-refractivity contribution < 1.29 is 9.47 Å². The van der Waals surface area contributed by atoms with Crippen molar-refractivity contribution in [3.05, 3.63) is 156 Å². The summed E-state index contributed by atoms with van der Waals surface area (Å²) in [7, 11) is 0. The number of anilines is 3. The molecule has 0 spiro atoms. The van der Waals surface area contributed by atoms with Gasteiger partial charge in [-0.05, 0) is 0 Å². The third-order valence-corrected chi connectivity index (χ3v) is 27.0. The fraction of sp³-hybridized carbons (Fsp3) is 0.222. The van der Waals surface area contributed by atoms with Crippen molar-refractivity contribution in [2.75, 3.05) is 4.90 Å². The first-order valence-corrected chi connectivity index (χ1v) is 26.7. The van der Waals surface area contributed by atoms with Crippen LogP contribution in [0.15, 0.2) is 140 Å². The van der Waals surface area contributed by atoms with Gasteiger partial charge in [-0.3, -0.25) is 0 Å². The number of nitrogens with zero attached hydrogens (tertiary/aromatic N) is 2. The first-order chi connectivity index (χ1) is 28.2. The Morgan fingerprint density at radius 3 is 1.39 bits per heavy atom. The van der Waals surface area contributed by atoms with Gasteiger partial charge in [-0.2, -0.15) is 0 Å². The predicted octanol–water partition coefficient (Wildman–Crippen LogP) is 12.0. The van der Waals surface area contributed by atoms with Crippen LogP contribution >= 0.6 is 0 Å². The Morgan fingerprint density at radius 1 is 0.441 bits per heavy atom. The standard InChI is InChI=1S/C48H45N2O2.C6H5.Sn/c1-46(2,3)31-18-20-32(21-19-31)49-33-22-24-40(47(4,5)6)44(28-33)51-36-26-35(50-42-16-12-10-14-38(42)39-15-11-13-17-43(39)50)27-37(30-36)52-45-29-34(49)23-25-41(45)48(7,8)9;1-2-4-6-5-3-1;/h10-27H,1-9H3;1-5H;. The molecule has 0 saturated heterocycles. The Balaban J connectivity index is 1.31. The Labute approximate surface area is 351 Å². The molecule has 0 aliphatic carbocycles. The minimum absolute atomic E-state index is 0.0419. The van der Waals surface area contributed by atoms with Crippen LogP contribution in [0.5, 0.6) is 23.0 Å². The van der Waals surface area contributed by atoms with Gasteiger partial charge in [-0.15, -0.1) is 0 Å². The molecule has 292 valence electrons. The summed E-state index contributed by atoms with van der Waals surface area (Å²) >= 11 is -4.43. The van der Waals surface area contributed by atoms with E-state index in [1.165, 1.54) is 53.2 Å². The van der Waals surface area contributed by atoms with Crippen molar-refractivity contribution in [1.82, 2.24) is 4.57 Å². The number of ether oxygens (including phenoxy) is 2. The van der Waals surface area contributed by atoms with E-state index in [1.807, 2.05) is 0 Å². The Morgan fingerprint density at radius 2 is 0.915 bits per heavy atom. The summed E-state index contributed by atoms with van der Waals surface area (Å²) in [5.74, 6) is 3.86. The molecule has 0 unspecified atom stereocenters. The van der Waals surface area contributed by atoms with E-state index in [2.05, 4.69) is 211 Å². The molecule has 8 aromatic rings. The second kappa shape index (κ2) is 12.3. The first-order valence-electron chi connectivity index (χ1n) is 21.0. The molecule has 11 rings (SSSR count). The van der Waals surface area contributed by atoms with Gasteiger partial charge in [0.25, 0.3) is 0 Å². The number of para-hydroxylation sites is 2. The van der Waals surface area contributed by atoms with Crippen LogP contribution in [0.2, 0.25) is 0 Å².